The van der Waals surface area contributed by atoms with E-state index in [1.54, 1.807) is 18.0 Å². The van der Waals surface area contributed by atoms with Crippen LogP contribution in [0.5, 0.6) is 5.75 Å². The number of pyridine rings is 1. The fourth-order valence-electron chi connectivity index (χ4n) is 4.01. The number of carbonyl (C=O) groups is 1. The molecule has 1 saturated heterocycles. The van der Waals surface area contributed by atoms with E-state index in [-0.39, 0.29) is 31.1 Å². The molecule has 3 aromatic rings. The van der Waals surface area contributed by atoms with Gasteiger partial charge in [-0.15, -0.1) is 5.10 Å². The van der Waals surface area contributed by atoms with E-state index in [2.05, 4.69) is 20.6 Å². The number of amides is 1. The molecule has 0 unspecified atom stereocenters. The molecule has 33 heavy (non-hydrogen) atoms. The number of hydrogen-bond acceptors (Lipinski definition) is 7. The van der Waals surface area contributed by atoms with Gasteiger partial charge in [0.15, 0.2) is 0 Å². The van der Waals surface area contributed by atoms with Crippen molar-refractivity contribution in [3.63, 3.8) is 0 Å². The summed E-state index contributed by atoms with van der Waals surface area (Å²) >= 11 is 0. The highest BCUT2D eigenvalue weighted by molar-refractivity contribution is 5.78. The van der Waals surface area contributed by atoms with Gasteiger partial charge in [0.2, 0.25) is 5.91 Å². The van der Waals surface area contributed by atoms with Crippen LogP contribution in [-0.4, -0.2) is 63.0 Å². The number of aromatic nitrogens is 4. The lowest BCUT2D eigenvalue weighted by Crippen LogP contribution is -2.51. The molecule has 1 aliphatic rings. The van der Waals surface area contributed by atoms with Crippen molar-refractivity contribution in [2.75, 3.05) is 13.7 Å². The maximum Gasteiger partial charge on any atom is 0.226 e. The Morgan fingerprint density at radius 1 is 1.24 bits per heavy atom. The molecule has 9 nitrogen and oxygen atoms in total. The van der Waals surface area contributed by atoms with Crippen LogP contribution in [0.25, 0.3) is 11.3 Å². The average Bonchev–Trinajstić information content (AvgIpc) is 3.33. The third-order valence-electron chi connectivity index (χ3n) is 5.81. The smallest absolute Gasteiger partial charge is 0.226 e. The molecule has 0 radical (unpaired) electrons. The monoisotopic (exact) mass is 451 g/mol. The lowest BCUT2D eigenvalue weighted by molar-refractivity contribution is -0.128. The van der Waals surface area contributed by atoms with Crippen molar-refractivity contribution >= 4 is 5.91 Å². The van der Waals surface area contributed by atoms with Crippen molar-refractivity contribution < 1.29 is 19.4 Å². The van der Waals surface area contributed by atoms with Gasteiger partial charge in [-0.25, -0.2) is 0 Å². The summed E-state index contributed by atoms with van der Waals surface area (Å²) in [4.78, 5) is 16.6. The molecule has 3 heterocycles. The van der Waals surface area contributed by atoms with Crippen LogP contribution in [0.2, 0.25) is 0 Å². The van der Waals surface area contributed by atoms with Crippen LogP contribution >= 0.6 is 0 Å². The van der Waals surface area contributed by atoms with Crippen LogP contribution < -0.4 is 10.1 Å². The highest BCUT2D eigenvalue weighted by atomic mass is 16.5. The molecule has 2 N–H and O–H groups in total. The standard InChI is InChI=1S/C24H29N5O4/c1-32-19-7-5-17(6-8-19)22-15-29(28-27-22)13-11-20-9-10-21(23(16-30)33-20)26-24(31)14-18-4-2-3-12-25-18/h2-8,12,15,20-21,23,30H,9-11,13-14,16H2,1H3,(H,26,31)/t20-,21-,23-/m0/s1. The Balaban J connectivity index is 1.26. The quantitative estimate of drug-likeness (QED) is 0.512. The van der Waals surface area contributed by atoms with E-state index in [9.17, 15) is 9.90 Å². The molecule has 4 rings (SSSR count). The summed E-state index contributed by atoms with van der Waals surface area (Å²) in [7, 11) is 1.64. The molecule has 0 bridgehead atoms. The van der Waals surface area contributed by atoms with Crippen LogP contribution in [0.15, 0.2) is 54.9 Å². The van der Waals surface area contributed by atoms with Crippen molar-refractivity contribution in [3.05, 3.63) is 60.6 Å². The van der Waals surface area contributed by atoms with Crippen molar-refractivity contribution in [1.29, 1.82) is 0 Å². The predicted octanol–water partition coefficient (Wildman–Crippen LogP) is 2.01. The zero-order valence-corrected chi connectivity index (χ0v) is 18.6. The number of aliphatic hydroxyl groups is 1. The minimum atomic E-state index is -0.429. The van der Waals surface area contributed by atoms with E-state index in [1.807, 2.05) is 48.7 Å². The summed E-state index contributed by atoms with van der Waals surface area (Å²) < 4.78 is 13.1. The Morgan fingerprint density at radius 3 is 2.82 bits per heavy atom. The zero-order valence-electron chi connectivity index (χ0n) is 18.6. The lowest BCUT2D eigenvalue weighted by atomic mass is 9.97. The Bertz CT molecular complexity index is 1020. The molecule has 3 atom stereocenters. The molecular weight excluding hydrogens is 422 g/mol. The molecule has 174 valence electrons. The number of aliphatic hydroxyl groups excluding tert-OH is 1. The highest BCUT2D eigenvalue weighted by Crippen LogP contribution is 2.23. The number of nitrogens with one attached hydrogen (secondary N) is 1. The minimum absolute atomic E-state index is 0.0141. The number of nitrogens with zero attached hydrogens (tertiary/aromatic N) is 4. The number of rotatable bonds is 9. The Labute approximate surface area is 192 Å². The van der Waals surface area contributed by atoms with E-state index in [4.69, 9.17) is 9.47 Å². The van der Waals surface area contributed by atoms with Crippen LogP contribution in [0.1, 0.15) is 25.0 Å². The number of hydrogen-bond donors (Lipinski definition) is 2. The van der Waals surface area contributed by atoms with Gasteiger partial charge in [-0.3, -0.25) is 14.5 Å². The Morgan fingerprint density at radius 2 is 2.09 bits per heavy atom. The third kappa shape index (κ3) is 6.15. The number of carbonyl (C=O) groups excluding carboxylic acids is 1. The highest BCUT2D eigenvalue weighted by Gasteiger charge is 2.31. The third-order valence-corrected chi connectivity index (χ3v) is 5.81. The predicted molar refractivity (Wildman–Crippen MR) is 121 cm³/mol. The Kier molecular flexibility index (Phi) is 7.64. The van der Waals surface area contributed by atoms with Crippen molar-refractivity contribution in [2.24, 2.45) is 0 Å². The van der Waals surface area contributed by atoms with Gasteiger partial charge < -0.3 is 19.9 Å². The van der Waals surface area contributed by atoms with Crippen LogP contribution in [0, 0.1) is 0 Å². The average molecular weight is 452 g/mol. The van der Waals surface area contributed by atoms with Crippen LogP contribution in [-0.2, 0) is 22.5 Å². The second-order valence-corrected chi connectivity index (χ2v) is 8.11. The number of ether oxygens (including phenoxy) is 2. The molecule has 0 spiro atoms. The maximum absolute atomic E-state index is 12.4. The van der Waals surface area contributed by atoms with Gasteiger partial charge in [-0.2, -0.15) is 0 Å². The first-order chi connectivity index (χ1) is 16.1. The molecule has 9 heteroatoms. The molecule has 1 aliphatic heterocycles. The molecule has 1 aromatic carbocycles. The second-order valence-electron chi connectivity index (χ2n) is 8.11. The lowest BCUT2D eigenvalue weighted by Gasteiger charge is -2.36. The molecular formula is C24H29N5O4. The largest absolute Gasteiger partial charge is 0.497 e. The van der Waals surface area contributed by atoms with E-state index >= 15 is 0 Å². The van der Waals surface area contributed by atoms with E-state index in [0.29, 0.717) is 12.2 Å². The van der Waals surface area contributed by atoms with Crippen LogP contribution in [0.4, 0.5) is 0 Å². The van der Waals surface area contributed by atoms with Gasteiger partial charge in [0, 0.05) is 24.0 Å². The summed E-state index contributed by atoms with van der Waals surface area (Å²) in [6.07, 6.45) is 5.64. The first kappa shape index (κ1) is 22.9. The number of methoxy groups -OCH3 is 1. The van der Waals surface area contributed by atoms with Crippen molar-refractivity contribution in [3.8, 4) is 17.0 Å². The second kappa shape index (κ2) is 11.0. The first-order valence-corrected chi connectivity index (χ1v) is 11.1. The SMILES string of the molecule is COc1ccc(-c2cn(CC[C@@H]3CC[C@H](NC(=O)Cc4ccccn4)[C@H](CO)O3)nn2)cc1. The van der Waals surface area contributed by atoms with Crippen molar-refractivity contribution in [2.45, 2.75) is 50.5 Å². The van der Waals surface area contributed by atoms with Gasteiger partial charge in [0.1, 0.15) is 17.5 Å². The number of aryl methyl sites for hydroxylation is 1. The van der Waals surface area contributed by atoms with Gasteiger partial charge in [-0.05, 0) is 55.7 Å². The fraction of sp³-hybridized carbons (Fsp3) is 0.417. The first-order valence-electron chi connectivity index (χ1n) is 11.1. The molecule has 1 fully saturated rings. The Hall–Kier alpha value is -3.30. The topological polar surface area (TPSA) is 111 Å². The van der Waals surface area contributed by atoms with E-state index in [1.165, 1.54) is 0 Å². The fourth-order valence-corrected chi connectivity index (χ4v) is 4.01. The van der Waals surface area contributed by atoms with E-state index in [0.717, 1.165) is 36.3 Å². The normalized spacial score (nSPS) is 20.4. The zero-order chi connectivity index (χ0) is 23.0. The van der Waals surface area contributed by atoms with Crippen LogP contribution in [0.3, 0.4) is 0 Å². The van der Waals surface area contributed by atoms with Gasteiger partial charge in [0.05, 0.1) is 38.5 Å². The summed E-state index contributed by atoms with van der Waals surface area (Å²) in [5, 5.41) is 21.3. The molecule has 2 aromatic heterocycles. The number of benzene rings is 1. The van der Waals surface area contributed by atoms with Crippen molar-refractivity contribution in [1.82, 2.24) is 25.3 Å². The van der Waals surface area contributed by atoms with Gasteiger partial charge >= 0.3 is 0 Å². The molecule has 0 saturated carbocycles. The van der Waals surface area contributed by atoms with Gasteiger partial charge in [0.25, 0.3) is 0 Å². The summed E-state index contributed by atoms with van der Waals surface area (Å²) in [5.74, 6) is 0.679. The molecule has 1 amide bonds. The summed E-state index contributed by atoms with van der Waals surface area (Å²) in [6, 6.07) is 13.0. The van der Waals surface area contributed by atoms with Gasteiger partial charge in [-0.1, -0.05) is 11.3 Å². The molecule has 0 aliphatic carbocycles. The maximum atomic E-state index is 12.4. The van der Waals surface area contributed by atoms with E-state index < -0.39 is 6.10 Å². The minimum Gasteiger partial charge on any atom is -0.497 e. The summed E-state index contributed by atoms with van der Waals surface area (Å²) in [5.41, 5.74) is 2.48. The summed E-state index contributed by atoms with van der Waals surface area (Å²) in [6.45, 7) is 0.513.